The Balaban J connectivity index is 1.65. The summed E-state index contributed by atoms with van der Waals surface area (Å²) in [5.41, 5.74) is 0.871. The van der Waals surface area contributed by atoms with Crippen molar-refractivity contribution in [3.63, 3.8) is 0 Å². The molecule has 0 spiro atoms. The molecule has 3 rings (SSSR count). The number of carbonyl (C=O) groups excluding carboxylic acids is 1. The fraction of sp³-hybridized carbons (Fsp3) is 0.300. The number of nitrogens with zero attached hydrogens (tertiary/aromatic N) is 2. The van der Waals surface area contributed by atoms with E-state index in [9.17, 15) is 13.2 Å². The molecule has 1 fully saturated rings. The van der Waals surface area contributed by atoms with E-state index in [1.54, 1.807) is 12.1 Å². The SMILES string of the molecule is CCOc1ccccc1/C=N/OC(=O)c1ccc(S(=O)(=O)N2CCOCC2)cc1. The van der Waals surface area contributed by atoms with Gasteiger partial charge in [-0.25, -0.2) is 13.2 Å². The Hall–Kier alpha value is -2.75. The van der Waals surface area contributed by atoms with Crippen LogP contribution in [0.2, 0.25) is 0 Å². The molecule has 0 bridgehead atoms. The molecule has 0 atom stereocenters. The number of rotatable bonds is 7. The fourth-order valence-electron chi connectivity index (χ4n) is 2.76. The fourth-order valence-corrected chi connectivity index (χ4v) is 4.16. The van der Waals surface area contributed by atoms with Crippen LogP contribution in [0, 0.1) is 0 Å². The topological polar surface area (TPSA) is 94.5 Å². The van der Waals surface area contributed by atoms with Gasteiger partial charge in [0.05, 0.1) is 36.5 Å². The Kier molecular flexibility index (Phi) is 6.97. The quantitative estimate of drug-likeness (QED) is 0.389. The second kappa shape index (κ2) is 9.64. The van der Waals surface area contributed by atoms with E-state index in [1.807, 2.05) is 19.1 Å². The summed E-state index contributed by atoms with van der Waals surface area (Å²) < 4.78 is 37.2. The van der Waals surface area contributed by atoms with Gasteiger partial charge in [-0.15, -0.1) is 0 Å². The summed E-state index contributed by atoms with van der Waals surface area (Å²) in [7, 11) is -3.61. The molecule has 2 aromatic carbocycles. The number of hydrogen-bond acceptors (Lipinski definition) is 7. The molecule has 1 aliphatic rings. The van der Waals surface area contributed by atoms with Crippen LogP contribution in [0.4, 0.5) is 0 Å². The zero-order chi connectivity index (χ0) is 20.7. The van der Waals surface area contributed by atoms with Gasteiger partial charge in [0.15, 0.2) is 0 Å². The number of benzene rings is 2. The molecule has 0 unspecified atom stereocenters. The monoisotopic (exact) mass is 418 g/mol. The highest BCUT2D eigenvalue weighted by molar-refractivity contribution is 7.89. The molecule has 9 heteroatoms. The summed E-state index contributed by atoms with van der Waals surface area (Å²) in [6.07, 6.45) is 1.39. The van der Waals surface area contributed by atoms with Crippen molar-refractivity contribution in [3.8, 4) is 5.75 Å². The summed E-state index contributed by atoms with van der Waals surface area (Å²) in [5, 5.41) is 3.71. The lowest BCUT2D eigenvalue weighted by Crippen LogP contribution is -2.40. The standard InChI is InChI=1S/C20H22N2O6S/c1-2-27-19-6-4-3-5-17(19)15-21-28-20(23)16-7-9-18(10-8-16)29(24,25)22-11-13-26-14-12-22/h3-10,15H,2,11-14H2,1H3/b21-15+. The highest BCUT2D eigenvalue weighted by atomic mass is 32.2. The van der Waals surface area contributed by atoms with Gasteiger partial charge in [0.25, 0.3) is 0 Å². The maximum absolute atomic E-state index is 12.6. The van der Waals surface area contributed by atoms with E-state index in [2.05, 4.69) is 5.16 Å². The first-order valence-electron chi connectivity index (χ1n) is 9.17. The molecule has 1 aliphatic heterocycles. The normalized spacial score (nSPS) is 15.3. The lowest BCUT2D eigenvalue weighted by molar-refractivity contribution is 0.0519. The molecule has 0 radical (unpaired) electrons. The van der Waals surface area contributed by atoms with Gasteiger partial charge in [0.2, 0.25) is 10.0 Å². The van der Waals surface area contributed by atoms with Gasteiger partial charge in [0, 0.05) is 18.7 Å². The number of carbonyl (C=O) groups is 1. The number of morpholine rings is 1. The second-order valence-electron chi connectivity index (χ2n) is 6.12. The van der Waals surface area contributed by atoms with Crippen LogP contribution in [-0.2, 0) is 19.6 Å². The van der Waals surface area contributed by atoms with Gasteiger partial charge < -0.3 is 14.3 Å². The smallest absolute Gasteiger partial charge is 0.365 e. The second-order valence-corrected chi connectivity index (χ2v) is 8.06. The molecule has 0 N–H and O–H groups in total. The number of para-hydroxylation sites is 1. The first kappa shape index (κ1) is 21.0. The van der Waals surface area contributed by atoms with Crippen molar-refractivity contribution < 1.29 is 27.5 Å². The van der Waals surface area contributed by atoms with Crippen LogP contribution in [0.3, 0.4) is 0 Å². The molecular weight excluding hydrogens is 396 g/mol. The number of hydrogen-bond donors (Lipinski definition) is 0. The summed E-state index contributed by atoms with van der Waals surface area (Å²) in [4.78, 5) is 17.2. The Morgan fingerprint density at radius 3 is 2.52 bits per heavy atom. The molecule has 1 heterocycles. The average molecular weight is 418 g/mol. The minimum absolute atomic E-state index is 0.116. The predicted octanol–water partition coefficient (Wildman–Crippen LogP) is 2.30. The Morgan fingerprint density at radius 2 is 1.83 bits per heavy atom. The Morgan fingerprint density at radius 1 is 1.14 bits per heavy atom. The van der Waals surface area contributed by atoms with Crippen molar-refractivity contribution in [3.05, 3.63) is 59.7 Å². The molecule has 154 valence electrons. The van der Waals surface area contributed by atoms with Crippen molar-refractivity contribution in [1.82, 2.24) is 4.31 Å². The van der Waals surface area contributed by atoms with E-state index in [4.69, 9.17) is 14.3 Å². The Bertz CT molecular complexity index is 967. The van der Waals surface area contributed by atoms with Gasteiger partial charge in [-0.05, 0) is 43.3 Å². The highest BCUT2D eigenvalue weighted by Gasteiger charge is 2.26. The molecular formula is C20H22N2O6S. The van der Waals surface area contributed by atoms with E-state index in [1.165, 1.54) is 34.8 Å². The van der Waals surface area contributed by atoms with Crippen LogP contribution in [-0.4, -0.2) is 57.8 Å². The molecule has 1 saturated heterocycles. The summed E-state index contributed by atoms with van der Waals surface area (Å²) in [5.74, 6) is -0.0575. The number of ether oxygens (including phenoxy) is 2. The van der Waals surface area contributed by atoms with Gasteiger partial charge in [-0.2, -0.15) is 4.31 Å². The number of sulfonamides is 1. The maximum Gasteiger partial charge on any atom is 0.365 e. The van der Waals surface area contributed by atoms with Gasteiger partial charge in [-0.1, -0.05) is 17.3 Å². The zero-order valence-corrected chi connectivity index (χ0v) is 16.8. The number of oxime groups is 1. The lowest BCUT2D eigenvalue weighted by atomic mass is 10.2. The zero-order valence-electron chi connectivity index (χ0n) is 16.0. The van der Waals surface area contributed by atoms with Gasteiger partial charge in [-0.3, -0.25) is 0 Å². The van der Waals surface area contributed by atoms with Crippen LogP contribution in [0.15, 0.2) is 58.6 Å². The molecule has 2 aromatic rings. The van der Waals surface area contributed by atoms with Crippen molar-refractivity contribution in [2.45, 2.75) is 11.8 Å². The first-order valence-corrected chi connectivity index (χ1v) is 10.6. The summed E-state index contributed by atoms with van der Waals surface area (Å²) >= 11 is 0. The molecule has 0 amide bonds. The van der Waals surface area contributed by atoms with Crippen LogP contribution < -0.4 is 4.74 Å². The highest BCUT2D eigenvalue weighted by Crippen LogP contribution is 2.18. The van der Waals surface area contributed by atoms with Crippen LogP contribution in [0.25, 0.3) is 0 Å². The van der Waals surface area contributed by atoms with E-state index >= 15 is 0 Å². The van der Waals surface area contributed by atoms with Gasteiger partial charge in [0.1, 0.15) is 5.75 Å². The van der Waals surface area contributed by atoms with Crippen molar-refractivity contribution in [1.29, 1.82) is 0 Å². The first-order chi connectivity index (χ1) is 14.0. The maximum atomic E-state index is 12.6. The molecule has 29 heavy (non-hydrogen) atoms. The average Bonchev–Trinajstić information content (AvgIpc) is 2.76. The van der Waals surface area contributed by atoms with E-state index in [0.29, 0.717) is 44.2 Å². The lowest BCUT2D eigenvalue weighted by Gasteiger charge is -2.26. The third-order valence-corrected chi connectivity index (χ3v) is 6.16. The summed E-state index contributed by atoms with van der Waals surface area (Å²) in [6, 6.07) is 12.8. The predicted molar refractivity (Wildman–Crippen MR) is 107 cm³/mol. The largest absolute Gasteiger partial charge is 0.493 e. The van der Waals surface area contributed by atoms with Crippen LogP contribution in [0.1, 0.15) is 22.8 Å². The van der Waals surface area contributed by atoms with Crippen molar-refractivity contribution >= 4 is 22.2 Å². The van der Waals surface area contributed by atoms with Crippen molar-refractivity contribution in [2.75, 3.05) is 32.9 Å². The summed E-state index contributed by atoms with van der Waals surface area (Å²) in [6.45, 7) is 3.73. The van der Waals surface area contributed by atoms with E-state index in [-0.39, 0.29) is 10.5 Å². The van der Waals surface area contributed by atoms with E-state index in [0.717, 1.165) is 0 Å². The van der Waals surface area contributed by atoms with Crippen LogP contribution in [0.5, 0.6) is 5.75 Å². The minimum atomic E-state index is -3.61. The Labute approximate surface area is 169 Å². The third-order valence-electron chi connectivity index (χ3n) is 4.24. The minimum Gasteiger partial charge on any atom is -0.493 e. The molecule has 8 nitrogen and oxygen atoms in total. The molecule has 0 aromatic heterocycles. The van der Waals surface area contributed by atoms with Gasteiger partial charge >= 0.3 is 5.97 Å². The third kappa shape index (κ3) is 5.20. The van der Waals surface area contributed by atoms with Crippen molar-refractivity contribution in [2.24, 2.45) is 5.16 Å². The van der Waals surface area contributed by atoms with E-state index < -0.39 is 16.0 Å². The molecule has 0 aliphatic carbocycles. The van der Waals surface area contributed by atoms with Crippen LogP contribution >= 0.6 is 0 Å². The molecule has 0 saturated carbocycles.